The van der Waals surface area contributed by atoms with E-state index in [1.807, 2.05) is 24.3 Å². The summed E-state index contributed by atoms with van der Waals surface area (Å²) < 4.78 is 0. The second-order valence-corrected chi connectivity index (χ2v) is 15.1. The molecule has 0 atom stereocenters. The lowest BCUT2D eigenvalue weighted by molar-refractivity contribution is 0.809. The Bertz CT molecular complexity index is 3150. The van der Waals surface area contributed by atoms with Crippen molar-refractivity contribution >= 4 is 21.5 Å². The fourth-order valence-electron chi connectivity index (χ4n) is 9.79. The summed E-state index contributed by atoms with van der Waals surface area (Å²) in [5, 5.41) is 5.02. The van der Waals surface area contributed by atoms with E-state index in [0.717, 1.165) is 27.8 Å². The molecule has 0 N–H and O–H groups in total. The number of benzene rings is 9. The number of fused-ring (bicyclic) bond motifs is 14. The van der Waals surface area contributed by atoms with E-state index in [2.05, 4.69) is 176 Å². The minimum Gasteiger partial charge on any atom is -0.208 e. The number of nitrogens with zero attached hydrogens (tertiary/aromatic N) is 3. The van der Waals surface area contributed by atoms with Gasteiger partial charge < -0.3 is 0 Å². The van der Waals surface area contributed by atoms with Gasteiger partial charge in [0.2, 0.25) is 0 Å². The standard InChI is InChI=1S/C54H33N3/c1-3-15-34(16-4-1)38-21-13-22-39(33-38)52-55-51(37-19-5-2-6-20-37)56-53(57-52)45-26-14-28-47-48(45)44-25-11-12-27-46(44)54(47)49-40-23-9-7-17-35(40)29-31-42(49)43-32-30-36-18-8-10-24-41(36)50(43)54/h1-33H. The third-order valence-corrected chi connectivity index (χ3v) is 12.1. The molecule has 264 valence electrons. The summed E-state index contributed by atoms with van der Waals surface area (Å²) in [7, 11) is 0. The first-order chi connectivity index (χ1) is 28.3. The lowest BCUT2D eigenvalue weighted by Gasteiger charge is -2.32. The lowest BCUT2D eigenvalue weighted by Crippen LogP contribution is -2.26. The van der Waals surface area contributed by atoms with Gasteiger partial charge in [-0.2, -0.15) is 0 Å². The second-order valence-electron chi connectivity index (χ2n) is 15.1. The van der Waals surface area contributed by atoms with E-state index < -0.39 is 5.41 Å². The molecule has 0 saturated heterocycles. The van der Waals surface area contributed by atoms with Crippen molar-refractivity contribution in [2.24, 2.45) is 0 Å². The molecule has 9 aromatic carbocycles. The Kier molecular flexibility index (Phi) is 6.84. The molecule has 0 unspecified atom stereocenters. The predicted molar refractivity (Wildman–Crippen MR) is 233 cm³/mol. The average Bonchev–Trinajstić information content (AvgIpc) is 3.77. The Labute approximate surface area is 330 Å². The van der Waals surface area contributed by atoms with Crippen LogP contribution in [0, 0.1) is 0 Å². The molecule has 3 heteroatoms. The van der Waals surface area contributed by atoms with Crippen molar-refractivity contribution in [3.05, 3.63) is 222 Å². The highest BCUT2D eigenvalue weighted by Crippen LogP contribution is 2.66. The van der Waals surface area contributed by atoms with Crippen LogP contribution < -0.4 is 0 Å². The van der Waals surface area contributed by atoms with Gasteiger partial charge in [0.15, 0.2) is 17.5 Å². The molecule has 0 fully saturated rings. The maximum Gasteiger partial charge on any atom is 0.164 e. The molecule has 10 aromatic rings. The zero-order valence-electron chi connectivity index (χ0n) is 30.9. The molecular weight excluding hydrogens is 691 g/mol. The third-order valence-electron chi connectivity index (χ3n) is 12.1. The van der Waals surface area contributed by atoms with Crippen molar-refractivity contribution in [1.29, 1.82) is 0 Å². The van der Waals surface area contributed by atoms with Gasteiger partial charge in [-0.1, -0.05) is 194 Å². The summed E-state index contributed by atoms with van der Waals surface area (Å²) in [6.07, 6.45) is 0. The van der Waals surface area contributed by atoms with E-state index in [0.29, 0.717) is 17.5 Å². The first-order valence-electron chi connectivity index (χ1n) is 19.5. The fraction of sp³-hybridized carbons (Fsp3) is 0.0185. The van der Waals surface area contributed by atoms with E-state index in [-0.39, 0.29) is 0 Å². The average molecular weight is 724 g/mol. The molecule has 0 aliphatic heterocycles. The van der Waals surface area contributed by atoms with Gasteiger partial charge in [-0.15, -0.1) is 0 Å². The largest absolute Gasteiger partial charge is 0.208 e. The number of aromatic nitrogens is 3. The molecule has 0 saturated carbocycles. The molecule has 3 nitrogen and oxygen atoms in total. The first-order valence-corrected chi connectivity index (χ1v) is 19.5. The van der Waals surface area contributed by atoms with Crippen LogP contribution in [0.4, 0.5) is 0 Å². The van der Waals surface area contributed by atoms with Gasteiger partial charge >= 0.3 is 0 Å². The van der Waals surface area contributed by atoms with E-state index in [4.69, 9.17) is 15.0 Å². The highest BCUT2D eigenvalue weighted by Gasteiger charge is 2.53. The molecule has 2 aliphatic carbocycles. The van der Waals surface area contributed by atoms with Crippen molar-refractivity contribution in [1.82, 2.24) is 15.0 Å². The van der Waals surface area contributed by atoms with Crippen LogP contribution in [0.1, 0.15) is 22.3 Å². The molecule has 57 heavy (non-hydrogen) atoms. The Morgan fingerprint density at radius 2 is 0.789 bits per heavy atom. The number of hydrogen-bond acceptors (Lipinski definition) is 3. The Morgan fingerprint density at radius 3 is 1.49 bits per heavy atom. The summed E-state index contributed by atoms with van der Waals surface area (Å²) in [5.74, 6) is 1.94. The van der Waals surface area contributed by atoms with Gasteiger partial charge in [0, 0.05) is 16.7 Å². The Balaban J connectivity index is 1.17. The van der Waals surface area contributed by atoms with Crippen LogP contribution in [0.3, 0.4) is 0 Å². The number of hydrogen-bond donors (Lipinski definition) is 0. The van der Waals surface area contributed by atoms with Crippen molar-refractivity contribution in [2.75, 3.05) is 0 Å². The van der Waals surface area contributed by atoms with E-state index in [1.165, 1.54) is 66.1 Å². The van der Waals surface area contributed by atoms with Crippen molar-refractivity contribution < 1.29 is 0 Å². The molecule has 1 aromatic heterocycles. The SMILES string of the molecule is c1ccc(-c2cccc(-c3nc(-c4ccccc4)nc(-c4cccc5c4-c4ccccc4C54c5c(ccc6ccccc56)-c5ccc6ccccc6c54)n3)c2)cc1. The predicted octanol–water partition coefficient (Wildman–Crippen LogP) is 13.2. The molecule has 0 amide bonds. The molecule has 0 radical (unpaired) electrons. The molecule has 12 rings (SSSR count). The van der Waals surface area contributed by atoms with Gasteiger partial charge in [-0.3, -0.25) is 0 Å². The van der Waals surface area contributed by atoms with Crippen LogP contribution in [0.25, 0.3) is 89.1 Å². The smallest absolute Gasteiger partial charge is 0.164 e. The Hall–Kier alpha value is -7.49. The summed E-state index contributed by atoms with van der Waals surface area (Å²) in [5.41, 5.74) is 14.7. The summed E-state index contributed by atoms with van der Waals surface area (Å²) in [6, 6.07) is 72.0. The maximum atomic E-state index is 5.37. The number of rotatable bonds is 4. The highest BCUT2D eigenvalue weighted by molar-refractivity contribution is 6.10. The molecule has 1 heterocycles. The quantitative estimate of drug-likeness (QED) is 0.181. The fourth-order valence-corrected chi connectivity index (χ4v) is 9.79. The van der Waals surface area contributed by atoms with Gasteiger partial charge in [-0.05, 0) is 83.2 Å². The summed E-state index contributed by atoms with van der Waals surface area (Å²) in [6.45, 7) is 0. The third kappa shape index (κ3) is 4.57. The van der Waals surface area contributed by atoms with Crippen LogP contribution in [0.2, 0.25) is 0 Å². The van der Waals surface area contributed by atoms with Gasteiger partial charge in [0.1, 0.15) is 0 Å². The maximum absolute atomic E-state index is 5.37. The van der Waals surface area contributed by atoms with Crippen molar-refractivity contribution in [3.63, 3.8) is 0 Å². The van der Waals surface area contributed by atoms with E-state index in [1.54, 1.807) is 0 Å². The highest BCUT2D eigenvalue weighted by atomic mass is 15.0. The minimum absolute atomic E-state index is 0.573. The van der Waals surface area contributed by atoms with E-state index in [9.17, 15) is 0 Å². The minimum atomic E-state index is -0.573. The van der Waals surface area contributed by atoms with Crippen LogP contribution >= 0.6 is 0 Å². The lowest BCUT2D eigenvalue weighted by atomic mass is 9.68. The first kappa shape index (κ1) is 31.8. The van der Waals surface area contributed by atoms with Crippen LogP contribution in [0.5, 0.6) is 0 Å². The van der Waals surface area contributed by atoms with Crippen LogP contribution in [0.15, 0.2) is 200 Å². The zero-order chi connectivity index (χ0) is 37.5. The van der Waals surface area contributed by atoms with Crippen molar-refractivity contribution in [3.8, 4) is 67.5 Å². The molecule has 0 bridgehead atoms. The normalized spacial score (nSPS) is 13.1. The van der Waals surface area contributed by atoms with Gasteiger partial charge in [-0.25, -0.2) is 15.0 Å². The van der Waals surface area contributed by atoms with Crippen molar-refractivity contribution in [2.45, 2.75) is 5.41 Å². The van der Waals surface area contributed by atoms with Crippen LogP contribution in [-0.4, -0.2) is 15.0 Å². The topological polar surface area (TPSA) is 38.7 Å². The molecule has 2 aliphatic rings. The Morgan fingerprint density at radius 1 is 0.298 bits per heavy atom. The zero-order valence-corrected chi connectivity index (χ0v) is 30.9. The summed E-state index contributed by atoms with van der Waals surface area (Å²) >= 11 is 0. The van der Waals surface area contributed by atoms with Crippen LogP contribution in [-0.2, 0) is 5.41 Å². The molecular formula is C54H33N3. The summed E-state index contributed by atoms with van der Waals surface area (Å²) in [4.78, 5) is 15.8. The van der Waals surface area contributed by atoms with E-state index >= 15 is 0 Å². The molecule has 1 spiro atoms. The second kappa shape index (κ2) is 12.3. The van der Waals surface area contributed by atoms with Gasteiger partial charge in [0.05, 0.1) is 5.41 Å². The van der Waals surface area contributed by atoms with Gasteiger partial charge in [0.25, 0.3) is 0 Å². The monoisotopic (exact) mass is 723 g/mol.